The van der Waals surface area contributed by atoms with E-state index in [1.807, 2.05) is 6.92 Å². The van der Waals surface area contributed by atoms with Crippen molar-refractivity contribution in [2.24, 2.45) is 0 Å². The monoisotopic (exact) mass is 295 g/mol. The molecule has 1 unspecified atom stereocenters. The van der Waals surface area contributed by atoms with Gasteiger partial charge in [-0.2, -0.15) is 13.2 Å². The molecule has 1 N–H and O–H groups in total. The van der Waals surface area contributed by atoms with Crippen LogP contribution < -0.4 is 5.32 Å². The third-order valence-electron chi connectivity index (χ3n) is 2.72. The first-order chi connectivity index (χ1) is 8.94. The van der Waals surface area contributed by atoms with E-state index in [1.54, 1.807) is 18.2 Å². The lowest BCUT2D eigenvalue weighted by Gasteiger charge is -2.18. The number of halogens is 4. The van der Waals surface area contributed by atoms with Crippen LogP contribution in [0.25, 0.3) is 0 Å². The van der Waals surface area contributed by atoms with Crippen LogP contribution in [0.4, 0.5) is 17.6 Å². The molecule has 0 aliphatic carbocycles. The van der Waals surface area contributed by atoms with Gasteiger partial charge in [0.15, 0.2) is 0 Å². The lowest BCUT2D eigenvalue weighted by Crippen LogP contribution is -2.22. The Labute approximate surface area is 114 Å². The first-order valence-electron chi connectivity index (χ1n) is 6.10. The maximum atomic E-state index is 13.7. The number of nitrogens with one attached hydrogen (secondary N) is 1. The molecule has 1 rings (SSSR count). The Morgan fingerprint density at radius 2 is 1.95 bits per heavy atom. The number of likely N-dealkylation sites (N-methyl/N-ethyl adjacent to an activating group) is 1. The molecule has 0 saturated carbocycles. The predicted molar refractivity (Wildman–Crippen MR) is 70.8 cm³/mol. The molecule has 0 bridgehead atoms. The van der Waals surface area contributed by atoms with Gasteiger partial charge in [-0.25, -0.2) is 4.39 Å². The van der Waals surface area contributed by atoms with Crippen molar-refractivity contribution in [1.82, 2.24) is 5.32 Å². The minimum absolute atomic E-state index is 0.0543. The standard InChI is InChI=1S/C13H17F4NS/c1-2-18-9-10(7-8-19-13(15,16)17)11-5-3-4-6-12(11)14/h3-6,10,18H,2,7-9H2,1H3. The quantitative estimate of drug-likeness (QED) is 0.758. The molecular formula is C13H17F4NS. The van der Waals surface area contributed by atoms with E-state index >= 15 is 0 Å². The van der Waals surface area contributed by atoms with Gasteiger partial charge in [0.2, 0.25) is 0 Å². The van der Waals surface area contributed by atoms with Crippen LogP contribution in [0.1, 0.15) is 24.8 Å². The van der Waals surface area contributed by atoms with Gasteiger partial charge >= 0.3 is 5.51 Å². The van der Waals surface area contributed by atoms with Crippen molar-refractivity contribution in [1.29, 1.82) is 0 Å². The molecule has 108 valence electrons. The first kappa shape index (κ1) is 16.3. The van der Waals surface area contributed by atoms with Gasteiger partial charge in [-0.05, 0) is 24.6 Å². The zero-order chi connectivity index (χ0) is 14.3. The fraction of sp³-hybridized carbons (Fsp3) is 0.538. The Bertz CT molecular complexity index is 381. The largest absolute Gasteiger partial charge is 0.441 e. The van der Waals surface area contributed by atoms with Gasteiger partial charge in [0.1, 0.15) is 5.82 Å². The second kappa shape index (κ2) is 7.75. The summed E-state index contributed by atoms with van der Waals surface area (Å²) in [6.45, 7) is 3.09. The van der Waals surface area contributed by atoms with Crippen LogP contribution in [0.2, 0.25) is 0 Å². The van der Waals surface area contributed by atoms with Crippen LogP contribution in [0.5, 0.6) is 0 Å². The molecule has 0 spiro atoms. The normalized spacial score (nSPS) is 13.5. The molecule has 0 aliphatic rings. The van der Waals surface area contributed by atoms with E-state index < -0.39 is 5.51 Å². The van der Waals surface area contributed by atoms with Crippen molar-refractivity contribution < 1.29 is 17.6 Å². The average molecular weight is 295 g/mol. The lowest BCUT2D eigenvalue weighted by atomic mass is 9.96. The van der Waals surface area contributed by atoms with Crippen LogP contribution in [0.15, 0.2) is 24.3 Å². The number of benzene rings is 1. The predicted octanol–water partition coefficient (Wildman–Crippen LogP) is 4.16. The average Bonchev–Trinajstić information content (AvgIpc) is 2.33. The summed E-state index contributed by atoms with van der Waals surface area (Å²) in [6, 6.07) is 6.25. The van der Waals surface area contributed by atoms with Gasteiger partial charge in [-0.15, -0.1) is 0 Å². The third kappa shape index (κ3) is 6.29. The number of alkyl halides is 3. The minimum Gasteiger partial charge on any atom is -0.316 e. The molecule has 0 fully saturated rings. The Morgan fingerprint density at radius 1 is 1.26 bits per heavy atom. The van der Waals surface area contributed by atoms with Gasteiger partial charge in [0.25, 0.3) is 0 Å². The number of hydrogen-bond donors (Lipinski definition) is 1. The van der Waals surface area contributed by atoms with E-state index in [9.17, 15) is 17.6 Å². The number of hydrogen-bond acceptors (Lipinski definition) is 2. The molecule has 19 heavy (non-hydrogen) atoms. The van der Waals surface area contributed by atoms with Crippen LogP contribution in [0.3, 0.4) is 0 Å². The van der Waals surface area contributed by atoms with Crippen molar-refractivity contribution in [2.45, 2.75) is 24.8 Å². The summed E-state index contributed by atoms with van der Waals surface area (Å²) in [5, 5.41) is 3.06. The zero-order valence-corrected chi connectivity index (χ0v) is 11.5. The second-order valence-corrected chi connectivity index (χ2v) is 5.27. The molecule has 6 heteroatoms. The van der Waals surface area contributed by atoms with Crippen molar-refractivity contribution in [3.8, 4) is 0 Å². The van der Waals surface area contributed by atoms with E-state index in [0.29, 0.717) is 18.7 Å². The molecule has 0 amide bonds. The van der Waals surface area contributed by atoms with Crippen LogP contribution >= 0.6 is 11.8 Å². The van der Waals surface area contributed by atoms with E-state index in [0.717, 1.165) is 0 Å². The maximum Gasteiger partial charge on any atom is 0.441 e. The molecule has 1 atom stereocenters. The van der Waals surface area contributed by atoms with Crippen molar-refractivity contribution >= 4 is 11.8 Å². The summed E-state index contributed by atoms with van der Waals surface area (Å²) in [7, 11) is 0. The van der Waals surface area contributed by atoms with Crippen LogP contribution in [0, 0.1) is 5.82 Å². The topological polar surface area (TPSA) is 12.0 Å². The molecule has 0 aromatic heterocycles. The molecule has 1 aromatic carbocycles. The fourth-order valence-electron chi connectivity index (χ4n) is 1.81. The van der Waals surface area contributed by atoms with Gasteiger partial charge in [0.05, 0.1) is 0 Å². The number of rotatable bonds is 7. The third-order valence-corrected chi connectivity index (χ3v) is 3.48. The molecule has 1 nitrogen and oxygen atoms in total. The summed E-state index contributed by atoms with van der Waals surface area (Å²) in [4.78, 5) is 0. The fourth-order valence-corrected chi connectivity index (χ4v) is 2.44. The van der Waals surface area contributed by atoms with Crippen molar-refractivity contribution in [3.05, 3.63) is 35.6 Å². The molecule has 0 radical (unpaired) electrons. The highest BCUT2D eigenvalue weighted by molar-refractivity contribution is 8.00. The summed E-state index contributed by atoms with van der Waals surface area (Å²) >= 11 is -0.0543. The van der Waals surface area contributed by atoms with Gasteiger partial charge in [-0.1, -0.05) is 36.9 Å². The highest BCUT2D eigenvalue weighted by Gasteiger charge is 2.28. The molecule has 0 heterocycles. The van der Waals surface area contributed by atoms with Gasteiger partial charge in [0, 0.05) is 18.2 Å². The highest BCUT2D eigenvalue weighted by Crippen LogP contribution is 2.33. The Hall–Kier alpha value is -0.750. The second-order valence-electron chi connectivity index (χ2n) is 4.11. The zero-order valence-electron chi connectivity index (χ0n) is 10.6. The SMILES string of the molecule is CCNCC(CCSC(F)(F)F)c1ccccc1F. The Morgan fingerprint density at radius 3 is 2.53 bits per heavy atom. The van der Waals surface area contributed by atoms with Crippen LogP contribution in [-0.4, -0.2) is 24.4 Å². The maximum absolute atomic E-state index is 13.7. The molecular weight excluding hydrogens is 278 g/mol. The highest BCUT2D eigenvalue weighted by atomic mass is 32.2. The number of thioether (sulfide) groups is 1. The summed E-state index contributed by atoms with van der Waals surface area (Å²) < 4.78 is 50.0. The summed E-state index contributed by atoms with van der Waals surface area (Å²) in [5.74, 6) is -0.660. The van der Waals surface area contributed by atoms with E-state index in [2.05, 4.69) is 5.32 Å². The van der Waals surface area contributed by atoms with E-state index in [-0.39, 0.29) is 35.7 Å². The smallest absolute Gasteiger partial charge is 0.316 e. The summed E-state index contributed by atoms with van der Waals surface area (Å²) in [5.41, 5.74) is -3.75. The van der Waals surface area contributed by atoms with E-state index in [4.69, 9.17) is 0 Å². The Kier molecular flexibility index (Phi) is 6.65. The molecule has 0 saturated heterocycles. The summed E-state index contributed by atoms with van der Waals surface area (Å²) in [6.07, 6.45) is 0.290. The lowest BCUT2D eigenvalue weighted by molar-refractivity contribution is -0.0328. The van der Waals surface area contributed by atoms with Crippen LogP contribution in [-0.2, 0) is 0 Å². The van der Waals surface area contributed by atoms with Crippen molar-refractivity contribution in [3.63, 3.8) is 0 Å². The van der Waals surface area contributed by atoms with E-state index in [1.165, 1.54) is 6.07 Å². The molecule has 0 aliphatic heterocycles. The first-order valence-corrected chi connectivity index (χ1v) is 7.08. The Balaban J connectivity index is 2.64. The van der Waals surface area contributed by atoms with Gasteiger partial charge < -0.3 is 5.32 Å². The minimum atomic E-state index is -4.22. The van der Waals surface area contributed by atoms with Crippen molar-refractivity contribution in [2.75, 3.05) is 18.8 Å². The van der Waals surface area contributed by atoms with Gasteiger partial charge in [-0.3, -0.25) is 0 Å². The molecule has 1 aromatic rings.